The van der Waals surface area contributed by atoms with Crippen molar-refractivity contribution in [3.8, 4) is 10.6 Å². The van der Waals surface area contributed by atoms with Gasteiger partial charge in [-0.15, -0.1) is 11.3 Å². The average molecular weight is 251 g/mol. The van der Waals surface area contributed by atoms with Gasteiger partial charge in [0.05, 0.1) is 22.0 Å². The summed E-state index contributed by atoms with van der Waals surface area (Å²) in [6.45, 7) is 0. The number of fused-ring (bicyclic) bond motifs is 1. The van der Waals surface area contributed by atoms with Crippen LogP contribution in [0.2, 0.25) is 5.02 Å². The van der Waals surface area contributed by atoms with Crippen LogP contribution >= 0.6 is 22.9 Å². The third kappa shape index (κ3) is 1.45. The molecule has 0 spiro atoms. The van der Waals surface area contributed by atoms with Gasteiger partial charge in [0.25, 0.3) is 0 Å². The van der Waals surface area contributed by atoms with E-state index >= 15 is 0 Å². The molecule has 0 bridgehead atoms. The van der Waals surface area contributed by atoms with Crippen molar-refractivity contribution >= 4 is 39.0 Å². The van der Waals surface area contributed by atoms with E-state index in [1.54, 1.807) is 17.5 Å². The van der Waals surface area contributed by atoms with Crippen LogP contribution in [-0.4, -0.2) is 15.2 Å². The minimum absolute atomic E-state index is 0.533. The van der Waals surface area contributed by atoms with Crippen molar-refractivity contribution in [3.05, 3.63) is 29.4 Å². The summed E-state index contributed by atoms with van der Waals surface area (Å²) in [5, 5.41) is 8.13. The topological polar surface area (TPSA) is 67.6 Å². The van der Waals surface area contributed by atoms with Crippen molar-refractivity contribution in [1.82, 2.24) is 15.2 Å². The van der Waals surface area contributed by atoms with Crippen LogP contribution in [0, 0.1) is 0 Å². The Balaban J connectivity index is 2.23. The SMILES string of the molecule is Nc1[nH]ncc1-c1nc2ccc(Cl)cc2s1. The van der Waals surface area contributed by atoms with Crippen molar-refractivity contribution in [2.24, 2.45) is 0 Å². The Morgan fingerprint density at radius 2 is 2.25 bits per heavy atom. The molecule has 6 heteroatoms. The monoisotopic (exact) mass is 250 g/mol. The maximum atomic E-state index is 5.92. The van der Waals surface area contributed by atoms with Crippen LogP contribution in [0.15, 0.2) is 24.4 Å². The van der Waals surface area contributed by atoms with Gasteiger partial charge in [-0.25, -0.2) is 4.98 Å². The molecule has 3 rings (SSSR count). The second-order valence-electron chi connectivity index (χ2n) is 3.33. The Hall–Kier alpha value is -1.59. The molecular weight excluding hydrogens is 244 g/mol. The van der Waals surface area contributed by atoms with E-state index in [0.29, 0.717) is 10.8 Å². The maximum absolute atomic E-state index is 5.92. The Morgan fingerprint density at radius 1 is 1.38 bits per heavy atom. The summed E-state index contributed by atoms with van der Waals surface area (Å²) >= 11 is 7.47. The lowest BCUT2D eigenvalue weighted by molar-refractivity contribution is 1.10. The maximum Gasteiger partial charge on any atom is 0.129 e. The number of thiazole rings is 1. The Morgan fingerprint density at radius 3 is 3.00 bits per heavy atom. The number of nitrogens with two attached hydrogens (primary N) is 1. The van der Waals surface area contributed by atoms with E-state index in [2.05, 4.69) is 15.2 Å². The number of aromatic amines is 1. The fraction of sp³-hybridized carbons (Fsp3) is 0. The van der Waals surface area contributed by atoms with E-state index < -0.39 is 0 Å². The Kier molecular flexibility index (Phi) is 2.08. The zero-order valence-corrected chi connectivity index (χ0v) is 9.64. The first-order valence-electron chi connectivity index (χ1n) is 4.59. The summed E-state index contributed by atoms with van der Waals surface area (Å²) in [5.74, 6) is 0.533. The zero-order chi connectivity index (χ0) is 11.1. The molecule has 0 radical (unpaired) electrons. The van der Waals surface area contributed by atoms with Gasteiger partial charge in [0.2, 0.25) is 0 Å². The number of rotatable bonds is 1. The summed E-state index contributed by atoms with van der Waals surface area (Å²) in [4.78, 5) is 4.48. The fourth-order valence-corrected chi connectivity index (χ4v) is 2.75. The van der Waals surface area contributed by atoms with Gasteiger partial charge in [-0.3, -0.25) is 5.10 Å². The summed E-state index contributed by atoms with van der Waals surface area (Å²) in [5.41, 5.74) is 7.50. The quantitative estimate of drug-likeness (QED) is 0.698. The predicted molar refractivity (Wildman–Crippen MR) is 66.6 cm³/mol. The predicted octanol–water partition coefficient (Wildman–Crippen LogP) is 2.92. The van der Waals surface area contributed by atoms with E-state index in [4.69, 9.17) is 17.3 Å². The first-order chi connectivity index (χ1) is 7.74. The lowest BCUT2D eigenvalue weighted by Crippen LogP contribution is -1.86. The number of halogens is 1. The molecule has 4 nitrogen and oxygen atoms in total. The summed E-state index contributed by atoms with van der Waals surface area (Å²) in [6.07, 6.45) is 1.68. The standard InChI is InChI=1S/C10H7ClN4S/c11-5-1-2-7-8(3-5)16-10(14-7)6-4-13-15-9(6)12/h1-4H,(H3,12,13,15). The molecule has 2 heterocycles. The van der Waals surface area contributed by atoms with Gasteiger partial charge in [-0.2, -0.15) is 5.10 Å². The number of H-pyrrole nitrogens is 1. The number of aromatic nitrogens is 3. The van der Waals surface area contributed by atoms with Crippen molar-refractivity contribution < 1.29 is 0 Å². The molecule has 0 amide bonds. The highest BCUT2D eigenvalue weighted by molar-refractivity contribution is 7.21. The van der Waals surface area contributed by atoms with Gasteiger partial charge in [-0.05, 0) is 18.2 Å². The number of nitrogens with zero attached hydrogens (tertiary/aromatic N) is 2. The number of nitrogens with one attached hydrogen (secondary N) is 1. The molecule has 0 aliphatic rings. The summed E-state index contributed by atoms with van der Waals surface area (Å²) in [7, 11) is 0. The third-order valence-corrected chi connectivity index (χ3v) is 3.54. The molecule has 0 fully saturated rings. The van der Waals surface area contributed by atoms with E-state index in [1.807, 2.05) is 18.2 Å². The second-order valence-corrected chi connectivity index (χ2v) is 4.80. The molecule has 3 N–H and O–H groups in total. The molecule has 3 aromatic rings. The molecular formula is C10H7ClN4S. The number of hydrogen-bond acceptors (Lipinski definition) is 4. The van der Waals surface area contributed by atoms with Gasteiger partial charge >= 0.3 is 0 Å². The van der Waals surface area contributed by atoms with Crippen molar-refractivity contribution in [1.29, 1.82) is 0 Å². The smallest absolute Gasteiger partial charge is 0.129 e. The Bertz CT molecular complexity index is 658. The van der Waals surface area contributed by atoms with Crippen molar-refractivity contribution in [2.45, 2.75) is 0 Å². The molecule has 0 atom stereocenters. The third-order valence-electron chi connectivity index (χ3n) is 2.25. The highest BCUT2D eigenvalue weighted by atomic mass is 35.5. The summed E-state index contributed by atoms with van der Waals surface area (Å²) in [6, 6.07) is 5.62. The number of benzene rings is 1. The minimum atomic E-state index is 0.533. The van der Waals surface area contributed by atoms with Crippen molar-refractivity contribution in [3.63, 3.8) is 0 Å². The first kappa shape index (κ1) is 9.62. The Labute approximate surface area is 100 Å². The van der Waals surface area contributed by atoms with Gasteiger partial charge in [0, 0.05) is 5.02 Å². The van der Waals surface area contributed by atoms with Crippen LogP contribution in [-0.2, 0) is 0 Å². The van der Waals surface area contributed by atoms with Gasteiger partial charge < -0.3 is 5.73 Å². The van der Waals surface area contributed by atoms with Gasteiger partial charge in [0.1, 0.15) is 10.8 Å². The van der Waals surface area contributed by atoms with Crippen LogP contribution in [0.25, 0.3) is 20.8 Å². The summed E-state index contributed by atoms with van der Waals surface area (Å²) < 4.78 is 1.04. The number of hydrogen-bond donors (Lipinski definition) is 2. The number of anilines is 1. The molecule has 1 aromatic carbocycles. The van der Waals surface area contributed by atoms with Crippen molar-refractivity contribution in [2.75, 3.05) is 5.73 Å². The van der Waals surface area contributed by atoms with Crippen LogP contribution in [0.1, 0.15) is 0 Å². The normalized spacial score (nSPS) is 11.1. The van der Waals surface area contributed by atoms with Crippen LogP contribution < -0.4 is 5.73 Å². The van der Waals surface area contributed by atoms with E-state index in [1.165, 1.54) is 0 Å². The molecule has 2 aromatic heterocycles. The lowest BCUT2D eigenvalue weighted by Gasteiger charge is -1.89. The molecule has 0 aliphatic heterocycles. The van der Waals surface area contributed by atoms with E-state index in [9.17, 15) is 0 Å². The number of nitrogen functional groups attached to an aromatic ring is 1. The highest BCUT2D eigenvalue weighted by Crippen LogP contribution is 2.33. The van der Waals surface area contributed by atoms with E-state index in [0.717, 1.165) is 20.8 Å². The average Bonchev–Trinajstić information content (AvgIpc) is 2.82. The van der Waals surface area contributed by atoms with Crippen LogP contribution in [0.4, 0.5) is 5.82 Å². The van der Waals surface area contributed by atoms with Crippen LogP contribution in [0.3, 0.4) is 0 Å². The molecule has 80 valence electrons. The first-order valence-corrected chi connectivity index (χ1v) is 5.79. The van der Waals surface area contributed by atoms with Gasteiger partial charge in [0.15, 0.2) is 0 Å². The molecule has 0 aliphatic carbocycles. The highest BCUT2D eigenvalue weighted by Gasteiger charge is 2.10. The van der Waals surface area contributed by atoms with Gasteiger partial charge in [-0.1, -0.05) is 11.6 Å². The second kappa shape index (κ2) is 3.47. The largest absolute Gasteiger partial charge is 0.383 e. The van der Waals surface area contributed by atoms with Crippen LogP contribution in [0.5, 0.6) is 0 Å². The molecule has 0 saturated heterocycles. The molecule has 0 saturated carbocycles. The van der Waals surface area contributed by atoms with E-state index in [-0.39, 0.29) is 0 Å². The lowest BCUT2D eigenvalue weighted by atomic mass is 10.3. The zero-order valence-electron chi connectivity index (χ0n) is 8.07. The fourth-order valence-electron chi connectivity index (χ4n) is 1.48. The minimum Gasteiger partial charge on any atom is -0.383 e. The molecule has 0 unspecified atom stereocenters. The molecule has 16 heavy (non-hydrogen) atoms.